The molecule has 0 saturated carbocycles. The molecule has 6 heteroatoms. The minimum absolute atomic E-state index is 0.0148. The van der Waals surface area contributed by atoms with E-state index in [0.29, 0.717) is 6.61 Å². The van der Waals surface area contributed by atoms with Gasteiger partial charge in [0.1, 0.15) is 12.7 Å². The summed E-state index contributed by atoms with van der Waals surface area (Å²) >= 11 is 1.62. The Hall–Kier alpha value is -2.21. The first-order valence-electron chi connectivity index (χ1n) is 6.71. The summed E-state index contributed by atoms with van der Waals surface area (Å²) in [6.45, 7) is 0.556. The molecule has 3 aromatic rings. The lowest BCUT2D eigenvalue weighted by molar-refractivity contribution is 0.107. The number of rotatable bonds is 3. The second kappa shape index (κ2) is 5.29. The molecule has 5 nitrogen and oxygen atoms in total. The molecule has 21 heavy (non-hydrogen) atoms. The van der Waals surface area contributed by atoms with Crippen LogP contribution in [0.25, 0.3) is 5.65 Å². The monoisotopic (exact) mass is 299 g/mol. The van der Waals surface area contributed by atoms with E-state index in [2.05, 4.69) is 10.2 Å². The van der Waals surface area contributed by atoms with Gasteiger partial charge in [0.05, 0.1) is 0 Å². The third-order valence-electron chi connectivity index (χ3n) is 3.25. The molecule has 1 aliphatic heterocycles. The predicted molar refractivity (Wildman–Crippen MR) is 80.1 cm³/mol. The lowest BCUT2D eigenvalue weighted by Gasteiger charge is -2.25. The standard InChI is InChI=1S/C15H13N3O2S/c1-2-6-13-12(5-1)19-9-11(20-13)10-21-15-17-16-14-7-3-4-8-18(14)15/h1-8,11H,9-10H2/t11-/m1/s1. The Kier molecular flexibility index (Phi) is 3.16. The summed E-state index contributed by atoms with van der Waals surface area (Å²) in [5.41, 5.74) is 0.853. The summed E-state index contributed by atoms with van der Waals surface area (Å²) in [7, 11) is 0. The van der Waals surface area contributed by atoms with E-state index in [-0.39, 0.29) is 6.10 Å². The van der Waals surface area contributed by atoms with Gasteiger partial charge in [-0.1, -0.05) is 30.0 Å². The van der Waals surface area contributed by atoms with Gasteiger partial charge >= 0.3 is 0 Å². The number of nitrogens with zero attached hydrogens (tertiary/aromatic N) is 3. The maximum atomic E-state index is 5.94. The summed E-state index contributed by atoms with van der Waals surface area (Å²) in [6, 6.07) is 13.6. The summed E-state index contributed by atoms with van der Waals surface area (Å²) in [5.74, 6) is 2.39. The topological polar surface area (TPSA) is 48.7 Å². The van der Waals surface area contributed by atoms with Crippen LogP contribution in [0.2, 0.25) is 0 Å². The van der Waals surface area contributed by atoms with Gasteiger partial charge < -0.3 is 9.47 Å². The molecular formula is C15H13N3O2S. The fourth-order valence-electron chi connectivity index (χ4n) is 2.23. The molecule has 1 aromatic carbocycles. The molecular weight excluding hydrogens is 286 g/mol. The van der Waals surface area contributed by atoms with Crippen molar-refractivity contribution in [1.29, 1.82) is 0 Å². The number of benzene rings is 1. The molecule has 0 fully saturated rings. The van der Waals surface area contributed by atoms with E-state index in [0.717, 1.165) is 28.1 Å². The number of ether oxygens (including phenoxy) is 2. The van der Waals surface area contributed by atoms with E-state index in [1.54, 1.807) is 11.8 Å². The summed E-state index contributed by atoms with van der Waals surface area (Å²) in [4.78, 5) is 0. The number of aromatic nitrogens is 3. The molecule has 0 unspecified atom stereocenters. The van der Waals surface area contributed by atoms with Crippen molar-refractivity contribution in [3.63, 3.8) is 0 Å². The number of thioether (sulfide) groups is 1. The van der Waals surface area contributed by atoms with Gasteiger partial charge in [0, 0.05) is 11.9 Å². The Balaban J connectivity index is 1.46. The maximum Gasteiger partial charge on any atom is 0.195 e. The Morgan fingerprint density at radius 2 is 1.95 bits per heavy atom. The van der Waals surface area contributed by atoms with Gasteiger partial charge in [0.2, 0.25) is 0 Å². The van der Waals surface area contributed by atoms with Gasteiger partial charge in [-0.05, 0) is 24.3 Å². The van der Waals surface area contributed by atoms with E-state index in [9.17, 15) is 0 Å². The molecule has 0 aliphatic carbocycles. The molecule has 2 aromatic heterocycles. The quantitative estimate of drug-likeness (QED) is 0.696. The van der Waals surface area contributed by atoms with Crippen LogP contribution >= 0.6 is 11.8 Å². The minimum atomic E-state index is 0.0148. The molecule has 0 bridgehead atoms. The lowest BCUT2D eigenvalue weighted by Crippen LogP contribution is -2.31. The molecule has 0 N–H and O–H groups in total. The van der Waals surface area contributed by atoms with Gasteiger partial charge in [-0.15, -0.1) is 10.2 Å². The Bertz CT molecular complexity index is 774. The number of hydrogen-bond donors (Lipinski definition) is 0. The third-order valence-corrected chi connectivity index (χ3v) is 4.32. The van der Waals surface area contributed by atoms with Crippen LogP contribution in [0.5, 0.6) is 11.5 Å². The molecule has 1 atom stereocenters. The van der Waals surface area contributed by atoms with Crippen molar-refractivity contribution in [3.8, 4) is 11.5 Å². The van der Waals surface area contributed by atoms with Crippen LogP contribution in [0, 0.1) is 0 Å². The van der Waals surface area contributed by atoms with Crippen LogP contribution in [0.1, 0.15) is 0 Å². The molecule has 0 amide bonds. The highest BCUT2D eigenvalue weighted by Crippen LogP contribution is 2.32. The number of para-hydroxylation sites is 2. The van der Waals surface area contributed by atoms with Gasteiger partial charge in [-0.3, -0.25) is 4.40 Å². The molecule has 0 radical (unpaired) electrons. The van der Waals surface area contributed by atoms with Crippen LogP contribution in [0.3, 0.4) is 0 Å². The van der Waals surface area contributed by atoms with Crippen molar-refractivity contribution in [3.05, 3.63) is 48.7 Å². The lowest BCUT2D eigenvalue weighted by atomic mass is 10.3. The van der Waals surface area contributed by atoms with Crippen LogP contribution in [0.4, 0.5) is 0 Å². The smallest absolute Gasteiger partial charge is 0.195 e. The van der Waals surface area contributed by atoms with E-state index in [1.165, 1.54) is 0 Å². The first kappa shape index (κ1) is 12.5. The van der Waals surface area contributed by atoms with E-state index < -0.39 is 0 Å². The van der Waals surface area contributed by atoms with Crippen molar-refractivity contribution in [2.24, 2.45) is 0 Å². The second-order valence-electron chi connectivity index (χ2n) is 4.72. The summed E-state index contributed by atoms with van der Waals surface area (Å²) in [5, 5.41) is 9.21. The Morgan fingerprint density at radius 3 is 2.90 bits per heavy atom. The minimum Gasteiger partial charge on any atom is -0.486 e. The van der Waals surface area contributed by atoms with E-state index >= 15 is 0 Å². The molecule has 0 spiro atoms. The fourth-order valence-corrected chi connectivity index (χ4v) is 3.12. The highest BCUT2D eigenvalue weighted by atomic mass is 32.2. The first-order valence-corrected chi connectivity index (χ1v) is 7.70. The molecule has 106 valence electrons. The Labute approximate surface area is 125 Å². The zero-order valence-electron chi connectivity index (χ0n) is 11.2. The highest BCUT2D eigenvalue weighted by Gasteiger charge is 2.21. The van der Waals surface area contributed by atoms with Crippen molar-refractivity contribution in [1.82, 2.24) is 14.6 Å². The van der Waals surface area contributed by atoms with Gasteiger partial charge in [0.15, 0.2) is 22.3 Å². The SMILES string of the molecule is c1ccc2c(c1)OC[C@H](CSc1nnc3ccccn13)O2. The van der Waals surface area contributed by atoms with Gasteiger partial charge in [-0.25, -0.2) is 0 Å². The molecule has 1 aliphatic rings. The van der Waals surface area contributed by atoms with Gasteiger partial charge in [0.25, 0.3) is 0 Å². The number of fused-ring (bicyclic) bond motifs is 2. The fraction of sp³-hybridized carbons (Fsp3) is 0.200. The van der Waals surface area contributed by atoms with Crippen molar-refractivity contribution in [2.45, 2.75) is 11.3 Å². The highest BCUT2D eigenvalue weighted by molar-refractivity contribution is 7.99. The molecule has 4 rings (SSSR count). The van der Waals surface area contributed by atoms with Crippen molar-refractivity contribution >= 4 is 17.4 Å². The van der Waals surface area contributed by atoms with Crippen LogP contribution in [-0.4, -0.2) is 33.1 Å². The number of hydrogen-bond acceptors (Lipinski definition) is 5. The zero-order chi connectivity index (χ0) is 14.1. The van der Waals surface area contributed by atoms with Gasteiger partial charge in [-0.2, -0.15) is 0 Å². The molecule has 3 heterocycles. The maximum absolute atomic E-state index is 5.94. The van der Waals surface area contributed by atoms with E-state index in [1.807, 2.05) is 53.1 Å². The zero-order valence-corrected chi connectivity index (χ0v) is 12.0. The largest absolute Gasteiger partial charge is 0.486 e. The normalized spacial score (nSPS) is 17.0. The van der Waals surface area contributed by atoms with Crippen molar-refractivity contribution < 1.29 is 9.47 Å². The molecule has 0 saturated heterocycles. The average Bonchev–Trinajstić information content (AvgIpc) is 2.96. The summed E-state index contributed by atoms with van der Waals surface area (Å²) in [6.07, 6.45) is 1.98. The predicted octanol–water partition coefficient (Wildman–Crippen LogP) is 2.66. The summed E-state index contributed by atoms with van der Waals surface area (Å²) < 4.78 is 13.6. The Morgan fingerprint density at radius 1 is 1.10 bits per heavy atom. The average molecular weight is 299 g/mol. The number of pyridine rings is 1. The second-order valence-corrected chi connectivity index (χ2v) is 5.71. The van der Waals surface area contributed by atoms with Crippen LogP contribution in [-0.2, 0) is 0 Å². The first-order chi connectivity index (χ1) is 10.4. The van der Waals surface area contributed by atoms with Crippen LogP contribution in [0.15, 0.2) is 53.8 Å². The van der Waals surface area contributed by atoms with Crippen LogP contribution < -0.4 is 9.47 Å². The third kappa shape index (κ3) is 2.42. The van der Waals surface area contributed by atoms with Crippen molar-refractivity contribution in [2.75, 3.05) is 12.4 Å². The van der Waals surface area contributed by atoms with E-state index in [4.69, 9.17) is 9.47 Å².